The van der Waals surface area contributed by atoms with Gasteiger partial charge in [0, 0.05) is 66.6 Å². The van der Waals surface area contributed by atoms with Crippen molar-refractivity contribution in [3.05, 3.63) is 205 Å². The third-order valence-corrected chi connectivity index (χ3v) is 12.3. The first-order valence-electron chi connectivity index (χ1n) is 20.2. The van der Waals surface area contributed by atoms with Crippen molar-refractivity contribution in [2.75, 3.05) is 0 Å². The van der Waals surface area contributed by atoms with E-state index < -0.39 is 0 Å². The van der Waals surface area contributed by atoms with Crippen molar-refractivity contribution in [3.63, 3.8) is 0 Å². The smallest absolute Gasteiger partial charge is 0.137 e. The van der Waals surface area contributed by atoms with E-state index in [0.717, 1.165) is 89.3 Å². The van der Waals surface area contributed by atoms with E-state index in [2.05, 4.69) is 197 Å². The summed E-state index contributed by atoms with van der Waals surface area (Å²) in [6, 6.07) is 69.9. The Kier molecular flexibility index (Phi) is 6.75. The first kappa shape index (κ1) is 32.3. The van der Waals surface area contributed by atoms with Crippen molar-refractivity contribution in [2.45, 2.75) is 6.42 Å². The summed E-state index contributed by atoms with van der Waals surface area (Å²) >= 11 is 0. The lowest BCUT2D eigenvalue weighted by atomic mass is 10.0. The van der Waals surface area contributed by atoms with E-state index in [0.29, 0.717) is 0 Å². The van der Waals surface area contributed by atoms with Crippen LogP contribution in [0, 0.1) is 0 Å². The van der Waals surface area contributed by atoms with Crippen molar-refractivity contribution in [2.24, 2.45) is 0 Å². The predicted molar refractivity (Wildman–Crippen MR) is 244 cm³/mol. The van der Waals surface area contributed by atoms with Crippen LogP contribution in [-0.2, 0) is 6.42 Å². The van der Waals surface area contributed by atoms with Gasteiger partial charge in [0.15, 0.2) is 0 Å². The van der Waals surface area contributed by atoms with Gasteiger partial charge in [-0.15, -0.1) is 0 Å². The molecule has 13 rings (SSSR count). The van der Waals surface area contributed by atoms with Gasteiger partial charge in [-0.1, -0.05) is 115 Å². The fourth-order valence-corrected chi connectivity index (χ4v) is 9.60. The summed E-state index contributed by atoms with van der Waals surface area (Å²) in [5.41, 5.74) is 15.3. The number of furan rings is 2. The van der Waals surface area contributed by atoms with Crippen LogP contribution in [-0.4, -0.2) is 9.13 Å². The summed E-state index contributed by atoms with van der Waals surface area (Å²) < 4.78 is 17.8. The van der Waals surface area contributed by atoms with E-state index in [4.69, 9.17) is 8.83 Å². The van der Waals surface area contributed by atoms with Crippen LogP contribution in [0.15, 0.2) is 203 Å². The van der Waals surface area contributed by atoms with E-state index in [-0.39, 0.29) is 0 Å². The molecule has 0 aliphatic rings. The fourth-order valence-electron chi connectivity index (χ4n) is 9.60. The Hall–Kier alpha value is -7.82. The van der Waals surface area contributed by atoms with Crippen LogP contribution in [0.5, 0.6) is 0 Å². The second kappa shape index (κ2) is 12.3. The van der Waals surface area contributed by atoms with Crippen molar-refractivity contribution < 1.29 is 8.83 Å². The molecule has 0 unspecified atom stereocenters. The molecule has 13 aromatic rings. The molecule has 0 bridgehead atoms. The average molecular weight is 755 g/mol. The zero-order chi connectivity index (χ0) is 38.6. The Morgan fingerprint density at radius 3 is 1.63 bits per heavy atom. The van der Waals surface area contributed by atoms with Gasteiger partial charge in [-0.3, -0.25) is 0 Å². The minimum Gasteiger partial charge on any atom is -0.456 e. The van der Waals surface area contributed by atoms with Crippen LogP contribution in [0.1, 0.15) is 11.1 Å². The van der Waals surface area contributed by atoms with Crippen LogP contribution in [0.2, 0.25) is 0 Å². The number of nitrogens with zero attached hydrogens (tertiary/aromatic N) is 2. The molecule has 0 amide bonds. The van der Waals surface area contributed by atoms with Gasteiger partial charge >= 0.3 is 0 Å². The molecule has 0 saturated heterocycles. The van der Waals surface area contributed by atoms with Crippen LogP contribution in [0.3, 0.4) is 0 Å². The highest BCUT2D eigenvalue weighted by molar-refractivity contribution is 6.19. The van der Waals surface area contributed by atoms with E-state index in [1.165, 1.54) is 38.2 Å². The third-order valence-electron chi connectivity index (χ3n) is 12.3. The van der Waals surface area contributed by atoms with E-state index in [1.54, 1.807) is 0 Å². The summed E-state index contributed by atoms with van der Waals surface area (Å²) in [7, 11) is 0. The standard InChI is InChI=1S/C55H34N2O2/c1-3-12-34(13-4-1)26-35-14-11-17-39(27-35)57-49-29-37(22-24-41(49)44-30-46-42-19-8-10-21-52(42)58-54(46)33-51(44)57)36-23-25-53-45(28-36)47-31-43-40-18-7-9-20-48(40)56(38-15-5-2-6-16-38)50(43)32-55(47)59-53/h1-25,27-33H,26H2. The minimum absolute atomic E-state index is 0.864. The lowest BCUT2D eigenvalue weighted by Gasteiger charge is -2.11. The second-order valence-electron chi connectivity index (χ2n) is 15.7. The lowest BCUT2D eigenvalue weighted by Crippen LogP contribution is -1.96. The Labute approximate surface area is 338 Å². The molecule has 0 radical (unpaired) electrons. The maximum absolute atomic E-state index is 6.61. The maximum atomic E-state index is 6.61. The molecule has 4 aromatic heterocycles. The van der Waals surface area contributed by atoms with Gasteiger partial charge in [-0.05, 0) is 95.4 Å². The Morgan fingerprint density at radius 1 is 0.288 bits per heavy atom. The summed E-state index contributed by atoms with van der Waals surface area (Å²) in [5.74, 6) is 0. The summed E-state index contributed by atoms with van der Waals surface area (Å²) in [5, 5.41) is 9.34. The number of fused-ring (bicyclic) bond motifs is 12. The zero-order valence-electron chi connectivity index (χ0n) is 31.9. The van der Waals surface area contributed by atoms with Gasteiger partial charge < -0.3 is 18.0 Å². The fraction of sp³-hybridized carbons (Fsp3) is 0.0182. The highest BCUT2D eigenvalue weighted by atomic mass is 16.3. The zero-order valence-corrected chi connectivity index (χ0v) is 31.9. The van der Waals surface area contributed by atoms with Crippen molar-refractivity contribution >= 4 is 87.5 Å². The third kappa shape index (κ3) is 4.90. The lowest BCUT2D eigenvalue weighted by molar-refractivity contribution is 0.669. The number of rotatable bonds is 5. The molecule has 276 valence electrons. The molecule has 4 nitrogen and oxygen atoms in total. The molecule has 0 N–H and O–H groups in total. The second-order valence-corrected chi connectivity index (χ2v) is 15.7. The summed E-state index contributed by atoms with van der Waals surface area (Å²) in [4.78, 5) is 0. The van der Waals surface area contributed by atoms with Gasteiger partial charge in [-0.2, -0.15) is 0 Å². The van der Waals surface area contributed by atoms with E-state index >= 15 is 0 Å². The average Bonchev–Trinajstić information content (AvgIpc) is 4.02. The van der Waals surface area contributed by atoms with Gasteiger partial charge in [-0.25, -0.2) is 0 Å². The maximum Gasteiger partial charge on any atom is 0.137 e. The summed E-state index contributed by atoms with van der Waals surface area (Å²) in [6.07, 6.45) is 0.864. The number of para-hydroxylation sites is 3. The van der Waals surface area contributed by atoms with Crippen LogP contribution >= 0.6 is 0 Å². The quantitative estimate of drug-likeness (QED) is 0.175. The highest BCUT2D eigenvalue weighted by Crippen LogP contribution is 2.42. The topological polar surface area (TPSA) is 36.1 Å². The molecule has 4 heteroatoms. The normalized spacial score (nSPS) is 12.1. The molecule has 9 aromatic carbocycles. The van der Waals surface area contributed by atoms with E-state index in [9.17, 15) is 0 Å². The first-order valence-corrected chi connectivity index (χ1v) is 20.2. The Balaban J connectivity index is 1.01. The van der Waals surface area contributed by atoms with Crippen LogP contribution < -0.4 is 0 Å². The molecule has 59 heavy (non-hydrogen) atoms. The monoisotopic (exact) mass is 754 g/mol. The highest BCUT2D eigenvalue weighted by Gasteiger charge is 2.20. The van der Waals surface area contributed by atoms with Gasteiger partial charge in [0.2, 0.25) is 0 Å². The van der Waals surface area contributed by atoms with Gasteiger partial charge in [0.05, 0.1) is 22.1 Å². The van der Waals surface area contributed by atoms with Crippen molar-refractivity contribution in [1.29, 1.82) is 0 Å². The van der Waals surface area contributed by atoms with Crippen molar-refractivity contribution in [1.82, 2.24) is 9.13 Å². The number of hydrogen-bond donors (Lipinski definition) is 0. The molecule has 4 heterocycles. The number of aromatic nitrogens is 2. The largest absolute Gasteiger partial charge is 0.456 e. The molecular formula is C55H34N2O2. The van der Waals surface area contributed by atoms with Crippen LogP contribution in [0.4, 0.5) is 0 Å². The van der Waals surface area contributed by atoms with Crippen molar-refractivity contribution in [3.8, 4) is 22.5 Å². The minimum atomic E-state index is 0.864. The first-order chi connectivity index (χ1) is 29.2. The summed E-state index contributed by atoms with van der Waals surface area (Å²) in [6.45, 7) is 0. The molecule has 0 atom stereocenters. The molecule has 0 aliphatic heterocycles. The SMILES string of the molecule is c1ccc(Cc2cccc(-n3c4cc(-c5ccc6oc7cc8c(cc7c6c5)c5ccccc5n8-c5ccccc5)ccc4c4cc5c(cc43)oc3ccccc35)c2)cc1. The Bertz CT molecular complexity index is 3810. The van der Waals surface area contributed by atoms with Gasteiger partial charge in [0.25, 0.3) is 0 Å². The molecule has 0 saturated carbocycles. The number of benzene rings is 9. The Morgan fingerprint density at radius 2 is 0.831 bits per heavy atom. The molecule has 0 aliphatic carbocycles. The van der Waals surface area contributed by atoms with Gasteiger partial charge in [0.1, 0.15) is 22.3 Å². The van der Waals surface area contributed by atoms with E-state index in [1.807, 2.05) is 6.07 Å². The molecule has 0 fully saturated rings. The predicted octanol–water partition coefficient (Wildman–Crippen LogP) is 14.9. The number of hydrogen-bond acceptors (Lipinski definition) is 2. The van der Waals surface area contributed by atoms with Crippen LogP contribution in [0.25, 0.3) is 110 Å². The molecular weight excluding hydrogens is 721 g/mol. The molecule has 0 spiro atoms.